The summed E-state index contributed by atoms with van der Waals surface area (Å²) in [6, 6.07) is 0.276. The predicted octanol–water partition coefficient (Wildman–Crippen LogP) is 2.54. The van der Waals surface area contributed by atoms with Gasteiger partial charge in [-0.2, -0.15) is 0 Å². The van der Waals surface area contributed by atoms with Crippen LogP contribution in [0.3, 0.4) is 0 Å². The van der Waals surface area contributed by atoms with Crippen LogP contribution in [0.2, 0.25) is 0 Å². The van der Waals surface area contributed by atoms with Crippen LogP contribution in [0.5, 0.6) is 0 Å². The van der Waals surface area contributed by atoms with E-state index in [0.717, 1.165) is 19.3 Å². The van der Waals surface area contributed by atoms with Gasteiger partial charge in [-0.3, -0.25) is 4.79 Å². The lowest BCUT2D eigenvalue weighted by molar-refractivity contribution is -0.136. The first-order valence-electron chi connectivity index (χ1n) is 7.13. The molecule has 0 aromatic rings. The van der Waals surface area contributed by atoms with Gasteiger partial charge in [-0.25, -0.2) is 0 Å². The minimum atomic E-state index is 0.264. The first-order valence-corrected chi connectivity index (χ1v) is 7.13. The zero-order valence-electron chi connectivity index (χ0n) is 11.5. The number of carbonyl (C=O) groups is 1. The molecular formula is C14H28N2O. The highest BCUT2D eigenvalue weighted by Gasteiger charge is 2.24. The van der Waals surface area contributed by atoms with Crippen molar-refractivity contribution < 1.29 is 4.79 Å². The number of amides is 1. The lowest BCUT2D eigenvalue weighted by atomic mass is 9.90. The standard InChI is InChI=1S/C14H28N2O/c1-12(10-11-15)16(2)14(17)13-8-6-4-3-5-7-9-13/h12-13H,3-11,15H2,1-2H3. The maximum Gasteiger partial charge on any atom is 0.225 e. The van der Waals surface area contributed by atoms with E-state index in [1.807, 2.05) is 11.9 Å². The quantitative estimate of drug-likeness (QED) is 0.821. The lowest BCUT2D eigenvalue weighted by Crippen LogP contribution is -2.40. The fourth-order valence-corrected chi connectivity index (χ4v) is 2.64. The van der Waals surface area contributed by atoms with Crippen molar-refractivity contribution in [1.82, 2.24) is 4.90 Å². The Hall–Kier alpha value is -0.570. The van der Waals surface area contributed by atoms with E-state index in [1.165, 1.54) is 32.1 Å². The maximum absolute atomic E-state index is 12.4. The van der Waals surface area contributed by atoms with Crippen LogP contribution in [0, 0.1) is 5.92 Å². The Morgan fingerprint density at radius 1 is 1.24 bits per heavy atom. The van der Waals surface area contributed by atoms with Gasteiger partial charge in [0.25, 0.3) is 0 Å². The molecule has 0 aliphatic heterocycles. The van der Waals surface area contributed by atoms with Gasteiger partial charge in [0.2, 0.25) is 5.91 Å². The number of hydrogen-bond acceptors (Lipinski definition) is 2. The number of carbonyl (C=O) groups excluding carboxylic acids is 1. The van der Waals surface area contributed by atoms with Crippen molar-refractivity contribution in [2.75, 3.05) is 13.6 Å². The summed E-state index contributed by atoms with van der Waals surface area (Å²) in [5, 5.41) is 0. The van der Waals surface area contributed by atoms with Crippen LogP contribution in [0.1, 0.15) is 58.3 Å². The highest BCUT2D eigenvalue weighted by Crippen LogP contribution is 2.24. The van der Waals surface area contributed by atoms with Crippen LogP contribution >= 0.6 is 0 Å². The molecule has 3 nitrogen and oxygen atoms in total. The fourth-order valence-electron chi connectivity index (χ4n) is 2.64. The average Bonchev–Trinajstić information content (AvgIpc) is 2.27. The Morgan fingerprint density at radius 2 is 1.76 bits per heavy atom. The van der Waals surface area contributed by atoms with Crippen molar-refractivity contribution in [3.05, 3.63) is 0 Å². The van der Waals surface area contributed by atoms with Crippen molar-refractivity contribution in [2.45, 2.75) is 64.3 Å². The molecule has 0 radical (unpaired) electrons. The molecule has 1 atom stereocenters. The van der Waals surface area contributed by atoms with Crippen molar-refractivity contribution in [1.29, 1.82) is 0 Å². The van der Waals surface area contributed by atoms with Crippen molar-refractivity contribution in [2.24, 2.45) is 11.7 Å². The minimum Gasteiger partial charge on any atom is -0.343 e. The van der Waals surface area contributed by atoms with Gasteiger partial charge in [0.05, 0.1) is 0 Å². The smallest absolute Gasteiger partial charge is 0.225 e. The molecule has 0 spiro atoms. The number of hydrogen-bond donors (Lipinski definition) is 1. The summed E-state index contributed by atoms with van der Waals surface area (Å²) < 4.78 is 0. The largest absolute Gasteiger partial charge is 0.343 e. The van der Waals surface area contributed by atoms with Crippen molar-refractivity contribution >= 4 is 5.91 Å². The van der Waals surface area contributed by atoms with Gasteiger partial charge in [-0.05, 0) is 32.7 Å². The summed E-state index contributed by atoms with van der Waals surface area (Å²) in [6.45, 7) is 2.75. The Kier molecular flexibility index (Phi) is 6.56. The molecule has 1 fully saturated rings. The molecular weight excluding hydrogens is 212 g/mol. The highest BCUT2D eigenvalue weighted by molar-refractivity contribution is 5.78. The Labute approximate surface area is 106 Å². The molecule has 0 aromatic heterocycles. The molecule has 1 aliphatic rings. The molecule has 17 heavy (non-hydrogen) atoms. The third-order valence-corrected chi connectivity index (χ3v) is 4.05. The van der Waals surface area contributed by atoms with Crippen LogP contribution in [0.25, 0.3) is 0 Å². The molecule has 2 N–H and O–H groups in total. The molecule has 100 valence electrons. The summed E-state index contributed by atoms with van der Waals surface area (Å²) in [4.78, 5) is 14.3. The van der Waals surface area contributed by atoms with Gasteiger partial charge in [0.15, 0.2) is 0 Å². The second kappa shape index (κ2) is 7.70. The normalized spacial score (nSPS) is 20.4. The minimum absolute atomic E-state index is 0.264. The van der Waals surface area contributed by atoms with E-state index in [9.17, 15) is 4.79 Å². The van der Waals surface area contributed by atoms with E-state index in [2.05, 4.69) is 6.92 Å². The van der Waals surface area contributed by atoms with Crippen molar-refractivity contribution in [3.8, 4) is 0 Å². The summed E-state index contributed by atoms with van der Waals surface area (Å²) in [5.41, 5.74) is 5.55. The Balaban J connectivity index is 2.47. The van der Waals surface area contributed by atoms with E-state index in [-0.39, 0.29) is 12.0 Å². The molecule has 3 heteroatoms. The highest BCUT2D eigenvalue weighted by atomic mass is 16.2. The number of nitrogens with two attached hydrogens (primary N) is 1. The first-order chi connectivity index (χ1) is 8.16. The van der Waals surface area contributed by atoms with E-state index >= 15 is 0 Å². The van der Waals surface area contributed by atoms with Gasteiger partial charge in [0, 0.05) is 19.0 Å². The average molecular weight is 240 g/mol. The first kappa shape index (κ1) is 14.5. The Morgan fingerprint density at radius 3 is 2.29 bits per heavy atom. The monoisotopic (exact) mass is 240 g/mol. The zero-order valence-corrected chi connectivity index (χ0v) is 11.5. The fraction of sp³-hybridized carbons (Fsp3) is 0.929. The molecule has 0 bridgehead atoms. The van der Waals surface area contributed by atoms with Crippen LogP contribution in [0.15, 0.2) is 0 Å². The molecule has 1 saturated carbocycles. The summed E-state index contributed by atoms with van der Waals surface area (Å²) >= 11 is 0. The van der Waals surface area contributed by atoms with E-state index in [4.69, 9.17) is 5.73 Å². The summed E-state index contributed by atoms with van der Waals surface area (Å²) in [5.74, 6) is 0.605. The maximum atomic E-state index is 12.4. The number of rotatable bonds is 4. The van der Waals surface area contributed by atoms with Crippen LogP contribution in [0.4, 0.5) is 0 Å². The zero-order chi connectivity index (χ0) is 12.7. The molecule has 0 aromatic carbocycles. The molecule has 1 amide bonds. The van der Waals surface area contributed by atoms with Gasteiger partial charge >= 0.3 is 0 Å². The predicted molar refractivity (Wildman–Crippen MR) is 71.7 cm³/mol. The van der Waals surface area contributed by atoms with Crippen LogP contribution in [-0.4, -0.2) is 30.4 Å². The molecule has 0 saturated heterocycles. The summed E-state index contributed by atoms with van der Waals surface area (Å²) in [6.07, 6.45) is 9.44. The lowest BCUT2D eigenvalue weighted by Gasteiger charge is -2.29. The van der Waals surface area contributed by atoms with Crippen LogP contribution in [-0.2, 0) is 4.79 Å². The van der Waals surface area contributed by atoms with Crippen molar-refractivity contribution in [3.63, 3.8) is 0 Å². The third kappa shape index (κ3) is 4.66. The van der Waals surface area contributed by atoms with E-state index < -0.39 is 0 Å². The molecule has 1 rings (SSSR count). The molecule has 0 heterocycles. The molecule has 1 unspecified atom stereocenters. The van der Waals surface area contributed by atoms with Gasteiger partial charge < -0.3 is 10.6 Å². The third-order valence-electron chi connectivity index (χ3n) is 4.05. The van der Waals surface area contributed by atoms with Gasteiger partial charge in [0.1, 0.15) is 0 Å². The van der Waals surface area contributed by atoms with Crippen LogP contribution < -0.4 is 5.73 Å². The topological polar surface area (TPSA) is 46.3 Å². The van der Waals surface area contributed by atoms with E-state index in [0.29, 0.717) is 12.5 Å². The second-order valence-electron chi connectivity index (χ2n) is 5.42. The molecule has 1 aliphatic carbocycles. The Bertz CT molecular complexity index is 222. The summed E-state index contributed by atoms with van der Waals surface area (Å²) in [7, 11) is 1.93. The van der Waals surface area contributed by atoms with E-state index in [1.54, 1.807) is 0 Å². The van der Waals surface area contributed by atoms with Gasteiger partial charge in [-0.15, -0.1) is 0 Å². The number of nitrogens with zero attached hydrogens (tertiary/aromatic N) is 1. The SMILES string of the molecule is CC(CCN)N(C)C(=O)C1CCCCCCC1. The van der Waals surface area contributed by atoms with Gasteiger partial charge in [-0.1, -0.05) is 32.1 Å². The second-order valence-corrected chi connectivity index (χ2v) is 5.42.